The molecule has 41 heavy (non-hydrogen) atoms. The van der Waals surface area contributed by atoms with Crippen LogP contribution in [0.15, 0.2) is 127 Å². The third-order valence-electron chi connectivity index (χ3n) is 8.60. The topological polar surface area (TPSA) is 4.41 Å². The van der Waals surface area contributed by atoms with Crippen LogP contribution in [0, 0.1) is 11.6 Å². The molecule has 2 heterocycles. The fourth-order valence-electron chi connectivity index (χ4n) is 6.95. The summed E-state index contributed by atoms with van der Waals surface area (Å²) >= 11 is 0. The first-order valence-corrected chi connectivity index (χ1v) is 13.7. The molecule has 0 saturated carbocycles. The molecule has 9 rings (SSSR count). The zero-order valence-corrected chi connectivity index (χ0v) is 21.8. The summed E-state index contributed by atoms with van der Waals surface area (Å²) in [5.74, 6) is -0.490. The van der Waals surface area contributed by atoms with E-state index in [1.807, 2.05) is 24.3 Å². The highest BCUT2D eigenvalue weighted by Gasteiger charge is 2.24. The number of aromatic nitrogens is 1. The quantitative estimate of drug-likeness (QED) is 0.210. The summed E-state index contributed by atoms with van der Waals surface area (Å²) < 4.78 is 30.4. The first-order valence-electron chi connectivity index (χ1n) is 13.7. The monoisotopic (exact) mass is 529 g/mol. The predicted octanol–water partition coefficient (Wildman–Crippen LogP) is 10.8. The Morgan fingerprint density at radius 1 is 0.415 bits per heavy atom. The number of hydrogen-bond donors (Lipinski definition) is 0. The summed E-state index contributed by atoms with van der Waals surface area (Å²) in [5, 5.41) is 9.19. The molecular formula is C38H21F2N. The maximum atomic E-state index is 14.0. The van der Waals surface area contributed by atoms with Crippen LogP contribution in [0.4, 0.5) is 8.78 Å². The van der Waals surface area contributed by atoms with E-state index in [0.717, 1.165) is 81.9 Å². The zero-order valence-electron chi connectivity index (χ0n) is 21.8. The number of benzene rings is 7. The fraction of sp³-hybridized carbons (Fsp3) is 0. The van der Waals surface area contributed by atoms with Crippen molar-refractivity contribution in [1.29, 1.82) is 0 Å². The van der Waals surface area contributed by atoms with Crippen molar-refractivity contribution in [2.45, 2.75) is 0 Å². The Kier molecular flexibility index (Phi) is 4.46. The number of halogens is 2. The van der Waals surface area contributed by atoms with Crippen LogP contribution in [-0.4, -0.2) is 4.40 Å². The van der Waals surface area contributed by atoms with E-state index in [1.54, 1.807) is 0 Å². The number of para-hydroxylation sites is 1. The predicted molar refractivity (Wildman–Crippen MR) is 167 cm³/mol. The zero-order chi connectivity index (χ0) is 27.2. The van der Waals surface area contributed by atoms with E-state index in [1.165, 1.54) is 24.3 Å². The third-order valence-corrected chi connectivity index (χ3v) is 8.60. The Morgan fingerprint density at radius 2 is 0.829 bits per heavy atom. The molecule has 9 aromatic rings. The van der Waals surface area contributed by atoms with Gasteiger partial charge >= 0.3 is 0 Å². The van der Waals surface area contributed by atoms with Gasteiger partial charge in [0.1, 0.15) is 11.6 Å². The van der Waals surface area contributed by atoms with Crippen molar-refractivity contribution in [3.8, 4) is 22.3 Å². The van der Waals surface area contributed by atoms with Gasteiger partial charge in [0.15, 0.2) is 0 Å². The van der Waals surface area contributed by atoms with Gasteiger partial charge < -0.3 is 4.40 Å². The average Bonchev–Trinajstić information content (AvgIpc) is 3.51. The second kappa shape index (κ2) is 8.12. The molecule has 2 aromatic heterocycles. The Morgan fingerprint density at radius 3 is 1.29 bits per heavy atom. The van der Waals surface area contributed by atoms with Crippen LogP contribution in [0.2, 0.25) is 0 Å². The van der Waals surface area contributed by atoms with E-state index < -0.39 is 0 Å². The maximum absolute atomic E-state index is 14.0. The molecule has 0 aliphatic carbocycles. The van der Waals surface area contributed by atoms with Crippen LogP contribution in [0.25, 0.3) is 81.9 Å². The van der Waals surface area contributed by atoms with Gasteiger partial charge in [-0.05, 0) is 80.2 Å². The molecule has 0 spiro atoms. The fourth-order valence-corrected chi connectivity index (χ4v) is 6.95. The first kappa shape index (κ1) is 22.5. The van der Waals surface area contributed by atoms with Crippen molar-refractivity contribution >= 4 is 59.6 Å². The standard InChI is InChI=1S/C38H21F2N/c39-26-16-12-22(13-17-26)34-28-8-3-1-6-24(28)20-32-36(34)30-10-5-11-31-37-33(41(32)38(30)31)21-25-7-2-4-9-29(25)35(37)23-14-18-27(40)19-15-23/h1-21H. The van der Waals surface area contributed by atoms with Crippen molar-refractivity contribution in [3.63, 3.8) is 0 Å². The van der Waals surface area contributed by atoms with Gasteiger partial charge in [0.05, 0.1) is 16.6 Å². The minimum absolute atomic E-state index is 0.245. The van der Waals surface area contributed by atoms with Gasteiger partial charge in [0, 0.05) is 21.5 Å². The first-order chi connectivity index (χ1) is 20.2. The second-order valence-corrected chi connectivity index (χ2v) is 10.8. The number of hydrogen-bond acceptors (Lipinski definition) is 0. The van der Waals surface area contributed by atoms with Gasteiger partial charge in [-0.25, -0.2) is 8.78 Å². The van der Waals surface area contributed by atoms with Crippen LogP contribution < -0.4 is 0 Å². The van der Waals surface area contributed by atoms with Crippen LogP contribution in [0.1, 0.15) is 0 Å². The van der Waals surface area contributed by atoms with Crippen molar-refractivity contribution in [1.82, 2.24) is 4.40 Å². The summed E-state index contributed by atoms with van der Waals surface area (Å²) in [5.41, 5.74) is 7.60. The average molecular weight is 530 g/mol. The Labute approximate surface area is 233 Å². The van der Waals surface area contributed by atoms with E-state index in [2.05, 4.69) is 83.3 Å². The SMILES string of the molecule is Fc1ccc(-c2c3ccccc3cc3c2c2cccc4c5c(-c6ccc(F)cc6)c6ccccc6cc5n3c24)cc1. The number of rotatable bonds is 2. The smallest absolute Gasteiger partial charge is 0.123 e. The van der Waals surface area contributed by atoms with Gasteiger partial charge in [-0.3, -0.25) is 0 Å². The van der Waals surface area contributed by atoms with E-state index in [-0.39, 0.29) is 11.6 Å². The largest absolute Gasteiger partial charge is 0.308 e. The highest BCUT2D eigenvalue weighted by atomic mass is 19.1. The van der Waals surface area contributed by atoms with Crippen molar-refractivity contribution < 1.29 is 8.78 Å². The van der Waals surface area contributed by atoms with Gasteiger partial charge in [-0.15, -0.1) is 0 Å². The Balaban J connectivity index is 1.55. The van der Waals surface area contributed by atoms with E-state index in [4.69, 9.17) is 0 Å². The van der Waals surface area contributed by atoms with Gasteiger partial charge in [-0.2, -0.15) is 0 Å². The van der Waals surface area contributed by atoms with Crippen molar-refractivity contribution in [2.24, 2.45) is 0 Å². The molecule has 0 N–H and O–H groups in total. The summed E-state index contributed by atoms with van der Waals surface area (Å²) in [6.45, 7) is 0. The molecular weight excluding hydrogens is 508 g/mol. The molecule has 192 valence electrons. The summed E-state index contributed by atoms with van der Waals surface area (Å²) in [6.07, 6.45) is 0. The van der Waals surface area contributed by atoms with Crippen LogP contribution in [0.3, 0.4) is 0 Å². The van der Waals surface area contributed by atoms with E-state index in [9.17, 15) is 8.78 Å². The molecule has 3 heteroatoms. The summed E-state index contributed by atoms with van der Waals surface area (Å²) in [4.78, 5) is 0. The molecule has 7 aromatic carbocycles. The van der Waals surface area contributed by atoms with Gasteiger partial charge in [-0.1, -0.05) is 91.0 Å². The molecule has 0 aliphatic rings. The van der Waals surface area contributed by atoms with E-state index >= 15 is 0 Å². The normalized spacial score (nSPS) is 12.1. The summed E-state index contributed by atoms with van der Waals surface area (Å²) in [6, 6.07) is 41.6. The van der Waals surface area contributed by atoms with Crippen molar-refractivity contribution in [2.75, 3.05) is 0 Å². The lowest BCUT2D eigenvalue weighted by atomic mass is 9.91. The maximum Gasteiger partial charge on any atom is 0.123 e. The Bertz CT molecular complexity index is 2300. The minimum atomic E-state index is -0.245. The molecule has 0 bridgehead atoms. The van der Waals surface area contributed by atoms with Gasteiger partial charge in [0.25, 0.3) is 0 Å². The van der Waals surface area contributed by atoms with Crippen LogP contribution in [0.5, 0.6) is 0 Å². The summed E-state index contributed by atoms with van der Waals surface area (Å²) in [7, 11) is 0. The molecule has 1 nitrogen and oxygen atoms in total. The van der Waals surface area contributed by atoms with Gasteiger partial charge in [0.2, 0.25) is 0 Å². The minimum Gasteiger partial charge on any atom is -0.308 e. The van der Waals surface area contributed by atoms with E-state index in [0.29, 0.717) is 0 Å². The molecule has 0 radical (unpaired) electrons. The Hall–Kier alpha value is -5.28. The molecule has 0 atom stereocenters. The third kappa shape index (κ3) is 3.03. The molecule has 0 fully saturated rings. The molecule has 0 aliphatic heterocycles. The van der Waals surface area contributed by atoms with Crippen LogP contribution in [-0.2, 0) is 0 Å². The highest BCUT2D eigenvalue weighted by molar-refractivity contribution is 6.32. The van der Waals surface area contributed by atoms with Crippen molar-refractivity contribution in [3.05, 3.63) is 139 Å². The molecule has 0 saturated heterocycles. The lowest BCUT2D eigenvalue weighted by molar-refractivity contribution is 0.627. The lowest BCUT2D eigenvalue weighted by Gasteiger charge is -2.13. The molecule has 0 unspecified atom stereocenters. The number of nitrogens with zero attached hydrogens (tertiary/aromatic N) is 1. The molecule has 0 amide bonds. The second-order valence-electron chi connectivity index (χ2n) is 10.8. The lowest BCUT2D eigenvalue weighted by Crippen LogP contribution is -1.89. The number of fused-ring (bicyclic) bond motifs is 8. The van der Waals surface area contributed by atoms with Crippen LogP contribution >= 0.6 is 0 Å². The highest BCUT2D eigenvalue weighted by Crippen LogP contribution is 2.48.